The molecule has 1 aliphatic carbocycles. The van der Waals surface area contributed by atoms with E-state index in [1.165, 1.54) is 12.8 Å². The predicted octanol–water partition coefficient (Wildman–Crippen LogP) is 2.64. The highest BCUT2D eigenvalue weighted by Crippen LogP contribution is 2.36. The third-order valence-electron chi connectivity index (χ3n) is 4.70. The van der Waals surface area contributed by atoms with Crippen LogP contribution >= 0.6 is 0 Å². The van der Waals surface area contributed by atoms with Crippen LogP contribution in [0.3, 0.4) is 0 Å². The van der Waals surface area contributed by atoms with Crippen molar-refractivity contribution < 1.29 is 9.59 Å². The first-order valence-corrected chi connectivity index (χ1v) is 7.31. The molecule has 3 rings (SSSR count). The molecule has 0 bridgehead atoms. The third kappa shape index (κ3) is 1.99. The Morgan fingerprint density at radius 3 is 2.50 bits per heavy atom. The van der Waals surface area contributed by atoms with Crippen LogP contribution in [0.1, 0.15) is 38.2 Å². The van der Waals surface area contributed by atoms with Gasteiger partial charge in [0.2, 0.25) is 0 Å². The minimum Gasteiger partial charge on any atom is -0.306 e. The molecule has 1 aromatic carbocycles. The molecule has 1 saturated carbocycles. The molecule has 4 heteroatoms. The van der Waals surface area contributed by atoms with Crippen LogP contribution < -0.4 is 5.32 Å². The Labute approximate surface area is 119 Å². The number of nitrogens with one attached hydrogen (secondary N) is 1. The van der Waals surface area contributed by atoms with Gasteiger partial charge in [0.15, 0.2) is 0 Å². The Balaban J connectivity index is 1.92. The lowest BCUT2D eigenvalue weighted by Gasteiger charge is -2.34. The molecule has 1 saturated heterocycles. The van der Waals surface area contributed by atoms with Crippen molar-refractivity contribution in [3.63, 3.8) is 0 Å². The highest BCUT2D eigenvalue weighted by atomic mass is 16.2. The van der Waals surface area contributed by atoms with Gasteiger partial charge >= 0.3 is 6.03 Å². The van der Waals surface area contributed by atoms with Gasteiger partial charge in [0, 0.05) is 6.54 Å². The minimum atomic E-state index is -0.874. The number of nitrogens with zero attached hydrogens (tertiary/aromatic N) is 1. The van der Waals surface area contributed by atoms with Gasteiger partial charge in [-0.3, -0.25) is 10.1 Å². The summed E-state index contributed by atoms with van der Waals surface area (Å²) in [4.78, 5) is 26.2. The zero-order chi connectivity index (χ0) is 14.2. The van der Waals surface area contributed by atoms with E-state index in [-0.39, 0.29) is 11.9 Å². The fourth-order valence-corrected chi connectivity index (χ4v) is 3.38. The summed E-state index contributed by atoms with van der Waals surface area (Å²) in [6.45, 7) is 2.51. The van der Waals surface area contributed by atoms with Gasteiger partial charge in [-0.25, -0.2) is 4.79 Å². The minimum absolute atomic E-state index is 0.216. The number of hydrogen-bond donors (Lipinski definition) is 1. The van der Waals surface area contributed by atoms with E-state index in [1.807, 2.05) is 37.3 Å². The van der Waals surface area contributed by atoms with Crippen molar-refractivity contribution in [3.05, 3.63) is 35.9 Å². The first-order valence-electron chi connectivity index (χ1n) is 7.31. The van der Waals surface area contributed by atoms with Gasteiger partial charge in [-0.2, -0.15) is 0 Å². The molecule has 0 spiro atoms. The fourth-order valence-electron chi connectivity index (χ4n) is 3.38. The number of imide groups is 1. The van der Waals surface area contributed by atoms with Crippen LogP contribution in [-0.4, -0.2) is 23.4 Å². The maximum atomic E-state index is 12.3. The quantitative estimate of drug-likeness (QED) is 0.860. The molecule has 2 aliphatic rings. The largest absolute Gasteiger partial charge is 0.325 e. The molecule has 1 unspecified atom stereocenters. The first-order chi connectivity index (χ1) is 9.62. The molecule has 106 valence electrons. The van der Waals surface area contributed by atoms with Crippen molar-refractivity contribution in [2.45, 2.75) is 38.1 Å². The van der Waals surface area contributed by atoms with Gasteiger partial charge in [-0.1, -0.05) is 43.2 Å². The Kier molecular flexibility index (Phi) is 3.24. The van der Waals surface area contributed by atoms with Gasteiger partial charge in [-0.05, 0) is 31.2 Å². The number of hydrogen-bond acceptors (Lipinski definition) is 2. The van der Waals surface area contributed by atoms with E-state index in [1.54, 1.807) is 4.90 Å². The van der Waals surface area contributed by atoms with E-state index in [0.29, 0.717) is 12.5 Å². The van der Waals surface area contributed by atoms with Crippen LogP contribution in [0.25, 0.3) is 0 Å². The fraction of sp³-hybridized carbons (Fsp3) is 0.500. The number of urea groups is 1. The van der Waals surface area contributed by atoms with Crippen LogP contribution in [0.15, 0.2) is 30.3 Å². The smallest absolute Gasteiger partial charge is 0.306 e. The highest BCUT2D eigenvalue weighted by Gasteiger charge is 2.50. The molecule has 0 aromatic heterocycles. The maximum Gasteiger partial charge on any atom is 0.325 e. The van der Waals surface area contributed by atoms with E-state index < -0.39 is 5.54 Å². The first kappa shape index (κ1) is 13.2. The van der Waals surface area contributed by atoms with Crippen molar-refractivity contribution >= 4 is 11.9 Å². The molecule has 1 aromatic rings. The predicted molar refractivity (Wildman–Crippen MR) is 76.0 cm³/mol. The van der Waals surface area contributed by atoms with Crippen LogP contribution in [0.2, 0.25) is 0 Å². The summed E-state index contributed by atoms with van der Waals surface area (Å²) in [6, 6.07) is 9.31. The van der Waals surface area contributed by atoms with Crippen LogP contribution in [0, 0.1) is 5.92 Å². The van der Waals surface area contributed by atoms with Crippen molar-refractivity contribution in [1.82, 2.24) is 10.2 Å². The molecule has 3 amide bonds. The summed E-state index contributed by atoms with van der Waals surface area (Å²) >= 11 is 0. The average Bonchev–Trinajstić information content (AvgIpc) is 3.04. The van der Waals surface area contributed by atoms with Crippen LogP contribution in [0.4, 0.5) is 4.79 Å². The second kappa shape index (κ2) is 4.93. The molecule has 0 radical (unpaired) electrons. The van der Waals surface area contributed by atoms with Crippen LogP contribution in [-0.2, 0) is 10.3 Å². The Morgan fingerprint density at radius 1 is 1.20 bits per heavy atom. The topological polar surface area (TPSA) is 49.4 Å². The molecular weight excluding hydrogens is 252 g/mol. The number of benzene rings is 1. The second-order valence-electron chi connectivity index (χ2n) is 5.96. The number of rotatable bonds is 3. The Bertz CT molecular complexity index is 523. The standard InChI is InChI=1S/C16H20N2O2/c1-16(13-9-3-2-4-10-13)14(19)17-15(20)18(16)11-12-7-5-6-8-12/h2-4,9-10,12H,5-8,11H2,1H3,(H,17,19,20). The summed E-state index contributed by atoms with van der Waals surface area (Å²) in [5, 5.41) is 2.48. The molecule has 1 atom stereocenters. The summed E-state index contributed by atoms with van der Waals surface area (Å²) in [7, 11) is 0. The molecule has 4 nitrogen and oxygen atoms in total. The summed E-state index contributed by atoms with van der Waals surface area (Å²) < 4.78 is 0. The van der Waals surface area contributed by atoms with Gasteiger partial charge in [0.25, 0.3) is 5.91 Å². The molecular formula is C16H20N2O2. The number of carbonyl (C=O) groups is 2. The van der Waals surface area contributed by atoms with E-state index in [9.17, 15) is 9.59 Å². The van der Waals surface area contributed by atoms with Crippen molar-refractivity contribution in [1.29, 1.82) is 0 Å². The SMILES string of the molecule is CC1(c2ccccc2)C(=O)NC(=O)N1CC1CCCC1. The van der Waals surface area contributed by atoms with Gasteiger partial charge in [0.1, 0.15) is 5.54 Å². The summed E-state index contributed by atoms with van der Waals surface area (Å²) in [5.74, 6) is 0.307. The zero-order valence-corrected chi connectivity index (χ0v) is 11.8. The molecule has 20 heavy (non-hydrogen) atoms. The van der Waals surface area contributed by atoms with Gasteiger partial charge in [-0.15, -0.1) is 0 Å². The number of carbonyl (C=O) groups excluding carboxylic acids is 2. The normalized spacial score (nSPS) is 27.1. The lowest BCUT2D eigenvalue weighted by molar-refractivity contribution is -0.126. The maximum absolute atomic E-state index is 12.3. The van der Waals surface area contributed by atoms with E-state index in [4.69, 9.17) is 0 Å². The van der Waals surface area contributed by atoms with E-state index >= 15 is 0 Å². The van der Waals surface area contributed by atoms with E-state index in [0.717, 1.165) is 18.4 Å². The Hall–Kier alpha value is -1.84. The van der Waals surface area contributed by atoms with Crippen molar-refractivity contribution in [2.24, 2.45) is 5.92 Å². The van der Waals surface area contributed by atoms with Crippen molar-refractivity contribution in [3.8, 4) is 0 Å². The molecule has 2 fully saturated rings. The lowest BCUT2D eigenvalue weighted by Crippen LogP contribution is -2.46. The van der Waals surface area contributed by atoms with E-state index in [2.05, 4.69) is 5.32 Å². The lowest BCUT2D eigenvalue weighted by atomic mass is 9.89. The monoisotopic (exact) mass is 272 g/mol. The molecule has 1 aliphatic heterocycles. The molecule has 1 N–H and O–H groups in total. The third-order valence-corrected chi connectivity index (χ3v) is 4.70. The number of amides is 3. The van der Waals surface area contributed by atoms with Gasteiger partial charge in [0.05, 0.1) is 0 Å². The zero-order valence-electron chi connectivity index (χ0n) is 11.8. The van der Waals surface area contributed by atoms with Crippen molar-refractivity contribution in [2.75, 3.05) is 6.54 Å². The summed E-state index contributed by atoms with van der Waals surface area (Å²) in [6.07, 6.45) is 4.78. The second-order valence-corrected chi connectivity index (χ2v) is 5.96. The Morgan fingerprint density at radius 2 is 1.85 bits per heavy atom. The van der Waals surface area contributed by atoms with Crippen LogP contribution in [0.5, 0.6) is 0 Å². The summed E-state index contributed by atoms with van der Waals surface area (Å²) in [5.41, 5.74) is 0.00217. The highest BCUT2D eigenvalue weighted by molar-refractivity contribution is 6.07. The average molecular weight is 272 g/mol. The molecule has 1 heterocycles. The van der Waals surface area contributed by atoms with Gasteiger partial charge < -0.3 is 4.90 Å².